The zero-order valence-electron chi connectivity index (χ0n) is 9.35. The molecular formula is C12H12ClN3O. The van der Waals surface area contributed by atoms with Crippen LogP contribution in [0.4, 0.5) is 5.69 Å². The monoisotopic (exact) mass is 249 g/mol. The van der Waals surface area contributed by atoms with Crippen LogP contribution in [-0.4, -0.2) is 9.78 Å². The van der Waals surface area contributed by atoms with E-state index >= 15 is 0 Å². The van der Waals surface area contributed by atoms with Crippen molar-refractivity contribution in [3.63, 3.8) is 0 Å². The minimum absolute atomic E-state index is 0.149. The summed E-state index contributed by atoms with van der Waals surface area (Å²) in [5.41, 5.74) is 7.89. The maximum atomic E-state index is 11.7. The maximum absolute atomic E-state index is 11.7. The van der Waals surface area contributed by atoms with E-state index in [1.54, 1.807) is 24.4 Å². The molecule has 0 bridgehead atoms. The Labute approximate surface area is 104 Å². The highest BCUT2D eigenvalue weighted by Gasteiger charge is 2.04. The Morgan fingerprint density at radius 1 is 1.41 bits per heavy atom. The Morgan fingerprint density at radius 3 is 2.88 bits per heavy atom. The molecule has 0 radical (unpaired) electrons. The summed E-state index contributed by atoms with van der Waals surface area (Å²) in [5, 5.41) is 4.64. The third-order valence-corrected chi connectivity index (χ3v) is 2.67. The largest absolute Gasteiger partial charge is 0.398 e. The highest BCUT2D eigenvalue weighted by Crippen LogP contribution is 2.18. The van der Waals surface area contributed by atoms with E-state index in [1.807, 2.05) is 6.92 Å². The Bertz CT molecular complexity index is 607. The van der Waals surface area contributed by atoms with Gasteiger partial charge in [0.1, 0.15) is 0 Å². The fourth-order valence-corrected chi connectivity index (χ4v) is 1.71. The number of halogens is 1. The van der Waals surface area contributed by atoms with Crippen LogP contribution in [0.2, 0.25) is 5.02 Å². The van der Waals surface area contributed by atoms with Crippen molar-refractivity contribution in [2.75, 3.05) is 5.73 Å². The Hall–Kier alpha value is -1.81. The number of hydrogen-bond donors (Lipinski definition) is 1. The van der Waals surface area contributed by atoms with Gasteiger partial charge in [-0.05, 0) is 36.2 Å². The normalized spacial score (nSPS) is 10.5. The van der Waals surface area contributed by atoms with Gasteiger partial charge < -0.3 is 5.73 Å². The number of anilines is 1. The molecule has 0 saturated heterocycles. The molecule has 0 aliphatic rings. The summed E-state index contributed by atoms with van der Waals surface area (Å²) in [6, 6.07) is 6.71. The molecule has 0 spiro atoms. The van der Waals surface area contributed by atoms with Crippen molar-refractivity contribution in [3.05, 3.63) is 57.0 Å². The summed E-state index contributed by atoms with van der Waals surface area (Å²) in [4.78, 5) is 11.7. The van der Waals surface area contributed by atoms with E-state index < -0.39 is 0 Å². The predicted molar refractivity (Wildman–Crippen MR) is 68.2 cm³/mol. The van der Waals surface area contributed by atoms with E-state index in [0.717, 1.165) is 11.1 Å². The predicted octanol–water partition coefficient (Wildman–Crippen LogP) is 1.84. The van der Waals surface area contributed by atoms with E-state index in [2.05, 4.69) is 5.10 Å². The van der Waals surface area contributed by atoms with Crippen LogP contribution in [0.5, 0.6) is 0 Å². The number of hydrogen-bond acceptors (Lipinski definition) is 3. The second-order valence-electron chi connectivity index (χ2n) is 3.87. The average Bonchev–Trinajstić information content (AvgIpc) is 2.27. The lowest BCUT2D eigenvalue weighted by Gasteiger charge is -2.07. The van der Waals surface area contributed by atoms with Crippen LogP contribution in [0.3, 0.4) is 0 Å². The van der Waals surface area contributed by atoms with Crippen LogP contribution in [0.25, 0.3) is 0 Å². The SMILES string of the molecule is Cc1cnn(Cc2cc(Cl)ccc2N)c(=O)c1. The molecule has 2 aromatic rings. The average molecular weight is 250 g/mol. The summed E-state index contributed by atoms with van der Waals surface area (Å²) < 4.78 is 1.36. The standard InChI is InChI=1S/C12H12ClN3O/c1-8-4-12(17)16(15-6-8)7-9-5-10(13)2-3-11(9)14/h2-6H,7,14H2,1H3. The van der Waals surface area contributed by atoms with Gasteiger partial charge in [0.25, 0.3) is 5.56 Å². The first-order chi connectivity index (χ1) is 8.06. The third kappa shape index (κ3) is 2.65. The first kappa shape index (κ1) is 11.7. The number of rotatable bonds is 2. The Morgan fingerprint density at radius 2 is 2.18 bits per heavy atom. The van der Waals surface area contributed by atoms with Crippen molar-refractivity contribution in [1.82, 2.24) is 9.78 Å². The van der Waals surface area contributed by atoms with Crippen molar-refractivity contribution in [2.24, 2.45) is 0 Å². The number of nitrogens with two attached hydrogens (primary N) is 1. The minimum atomic E-state index is -0.149. The lowest BCUT2D eigenvalue weighted by atomic mass is 10.2. The summed E-state index contributed by atoms with van der Waals surface area (Å²) in [6.45, 7) is 2.15. The molecule has 0 aliphatic carbocycles. The first-order valence-electron chi connectivity index (χ1n) is 5.14. The number of nitrogens with zero attached hydrogens (tertiary/aromatic N) is 2. The maximum Gasteiger partial charge on any atom is 0.267 e. The van der Waals surface area contributed by atoms with Crippen molar-refractivity contribution in [3.8, 4) is 0 Å². The molecule has 1 heterocycles. The molecule has 1 aromatic heterocycles. The van der Waals surface area contributed by atoms with Crippen LogP contribution in [0.15, 0.2) is 35.3 Å². The van der Waals surface area contributed by atoms with E-state index in [0.29, 0.717) is 17.3 Å². The molecule has 17 heavy (non-hydrogen) atoms. The molecule has 2 rings (SSSR count). The van der Waals surface area contributed by atoms with Gasteiger partial charge in [-0.1, -0.05) is 11.6 Å². The van der Waals surface area contributed by atoms with Gasteiger partial charge in [-0.25, -0.2) is 4.68 Å². The van der Waals surface area contributed by atoms with Gasteiger partial charge >= 0.3 is 0 Å². The lowest BCUT2D eigenvalue weighted by Crippen LogP contribution is -2.23. The lowest BCUT2D eigenvalue weighted by molar-refractivity contribution is 0.637. The number of aryl methyl sites for hydroxylation is 1. The highest BCUT2D eigenvalue weighted by atomic mass is 35.5. The van der Waals surface area contributed by atoms with Crippen LogP contribution in [-0.2, 0) is 6.54 Å². The van der Waals surface area contributed by atoms with Gasteiger partial charge in [0.15, 0.2) is 0 Å². The van der Waals surface area contributed by atoms with Gasteiger partial charge in [-0.3, -0.25) is 4.79 Å². The zero-order chi connectivity index (χ0) is 12.4. The van der Waals surface area contributed by atoms with Crippen LogP contribution in [0, 0.1) is 6.92 Å². The molecule has 0 unspecified atom stereocenters. The van der Waals surface area contributed by atoms with Crippen LogP contribution < -0.4 is 11.3 Å². The van der Waals surface area contributed by atoms with Crippen molar-refractivity contribution in [1.29, 1.82) is 0 Å². The van der Waals surface area contributed by atoms with Crippen LogP contribution in [0.1, 0.15) is 11.1 Å². The molecular weight excluding hydrogens is 238 g/mol. The zero-order valence-corrected chi connectivity index (χ0v) is 10.1. The fourth-order valence-electron chi connectivity index (χ4n) is 1.52. The smallest absolute Gasteiger partial charge is 0.267 e. The summed E-state index contributed by atoms with van der Waals surface area (Å²) in [5.74, 6) is 0. The second-order valence-corrected chi connectivity index (χ2v) is 4.31. The summed E-state index contributed by atoms with van der Waals surface area (Å²) in [6.07, 6.45) is 1.64. The molecule has 0 fully saturated rings. The number of benzene rings is 1. The fraction of sp³-hybridized carbons (Fsp3) is 0.167. The van der Waals surface area contributed by atoms with Crippen molar-refractivity contribution >= 4 is 17.3 Å². The van der Waals surface area contributed by atoms with E-state index in [1.165, 1.54) is 10.7 Å². The highest BCUT2D eigenvalue weighted by molar-refractivity contribution is 6.30. The molecule has 5 heteroatoms. The van der Waals surface area contributed by atoms with Gasteiger partial charge in [0, 0.05) is 16.8 Å². The van der Waals surface area contributed by atoms with Gasteiger partial charge in [0.2, 0.25) is 0 Å². The molecule has 4 nitrogen and oxygen atoms in total. The first-order valence-corrected chi connectivity index (χ1v) is 5.52. The van der Waals surface area contributed by atoms with Gasteiger partial charge in [-0.15, -0.1) is 0 Å². The topological polar surface area (TPSA) is 60.9 Å². The molecule has 0 aliphatic heterocycles. The van der Waals surface area contributed by atoms with E-state index in [-0.39, 0.29) is 5.56 Å². The summed E-state index contributed by atoms with van der Waals surface area (Å²) in [7, 11) is 0. The van der Waals surface area contributed by atoms with Crippen LogP contribution >= 0.6 is 11.6 Å². The minimum Gasteiger partial charge on any atom is -0.398 e. The van der Waals surface area contributed by atoms with Crippen molar-refractivity contribution in [2.45, 2.75) is 13.5 Å². The molecule has 1 aromatic carbocycles. The van der Waals surface area contributed by atoms with E-state index in [9.17, 15) is 4.79 Å². The molecule has 0 atom stereocenters. The van der Waals surface area contributed by atoms with Crippen molar-refractivity contribution < 1.29 is 0 Å². The molecule has 0 saturated carbocycles. The molecule has 88 valence electrons. The summed E-state index contributed by atoms with van der Waals surface area (Å²) >= 11 is 5.88. The van der Waals surface area contributed by atoms with Gasteiger partial charge in [-0.2, -0.15) is 5.10 Å². The van der Waals surface area contributed by atoms with Gasteiger partial charge in [0.05, 0.1) is 12.7 Å². The van der Waals surface area contributed by atoms with E-state index in [4.69, 9.17) is 17.3 Å². The molecule has 2 N–H and O–H groups in total. The quantitative estimate of drug-likeness (QED) is 0.826. The number of aromatic nitrogens is 2. The number of nitrogen functional groups attached to an aromatic ring is 1. The second kappa shape index (κ2) is 4.59. The Balaban J connectivity index is 2.38. The Kier molecular flexibility index (Phi) is 3.15. The third-order valence-electron chi connectivity index (χ3n) is 2.43. The molecule has 0 amide bonds.